The summed E-state index contributed by atoms with van der Waals surface area (Å²) < 4.78 is 31.1. The monoisotopic (exact) mass is 272 g/mol. The molecule has 0 aliphatic carbocycles. The van der Waals surface area contributed by atoms with Gasteiger partial charge in [-0.3, -0.25) is 0 Å². The van der Waals surface area contributed by atoms with Gasteiger partial charge >= 0.3 is 6.03 Å². The van der Waals surface area contributed by atoms with Gasteiger partial charge in [0.25, 0.3) is 0 Å². The molecule has 0 fully saturated rings. The second kappa shape index (κ2) is 8.42. The number of ether oxygens (including phenoxy) is 1. The molecule has 0 bridgehead atoms. The molecule has 0 saturated heterocycles. The van der Waals surface area contributed by atoms with E-state index in [1.807, 2.05) is 0 Å². The minimum absolute atomic E-state index is 0.170. The van der Waals surface area contributed by atoms with E-state index < -0.39 is 17.7 Å². The normalized spacial score (nSPS) is 10.3. The van der Waals surface area contributed by atoms with E-state index in [0.29, 0.717) is 13.2 Å². The van der Waals surface area contributed by atoms with Gasteiger partial charge in [-0.2, -0.15) is 0 Å². The summed E-state index contributed by atoms with van der Waals surface area (Å²) in [5.41, 5.74) is -0.170. The summed E-state index contributed by atoms with van der Waals surface area (Å²) in [7, 11) is 1.64. The average molecular weight is 272 g/mol. The second-order valence-corrected chi connectivity index (χ2v) is 4.04. The standard InChI is InChI=1S/C13H18F2N2O2/c1-19-9-4-2-3-8-16-13(18)17-11-7-5-6-10(14)12(11)15/h5-7H,2-4,8-9H2,1H3,(H2,16,17,18). The van der Waals surface area contributed by atoms with Gasteiger partial charge in [-0.05, 0) is 31.4 Å². The van der Waals surface area contributed by atoms with E-state index in [2.05, 4.69) is 10.6 Å². The van der Waals surface area contributed by atoms with Gasteiger partial charge in [-0.15, -0.1) is 0 Å². The number of benzene rings is 1. The van der Waals surface area contributed by atoms with E-state index in [4.69, 9.17) is 4.74 Å². The zero-order valence-corrected chi connectivity index (χ0v) is 10.8. The number of unbranched alkanes of at least 4 members (excludes halogenated alkanes) is 2. The first-order valence-electron chi connectivity index (χ1n) is 6.13. The first-order valence-corrected chi connectivity index (χ1v) is 6.13. The van der Waals surface area contributed by atoms with Crippen LogP contribution in [0, 0.1) is 11.6 Å². The van der Waals surface area contributed by atoms with Crippen LogP contribution in [0.15, 0.2) is 18.2 Å². The summed E-state index contributed by atoms with van der Waals surface area (Å²) in [6.07, 6.45) is 2.67. The molecule has 1 aromatic rings. The van der Waals surface area contributed by atoms with E-state index in [1.54, 1.807) is 7.11 Å². The Bertz CT molecular complexity index is 414. The van der Waals surface area contributed by atoms with Crippen LogP contribution in [0.25, 0.3) is 0 Å². The van der Waals surface area contributed by atoms with Crippen molar-refractivity contribution in [2.24, 2.45) is 0 Å². The number of hydrogen-bond donors (Lipinski definition) is 2. The number of amides is 2. The van der Waals surface area contributed by atoms with Gasteiger partial charge in [-0.1, -0.05) is 6.07 Å². The molecule has 0 spiro atoms. The molecule has 0 unspecified atom stereocenters. The third-order valence-electron chi connectivity index (χ3n) is 2.51. The summed E-state index contributed by atoms with van der Waals surface area (Å²) in [5.74, 6) is -2.05. The Morgan fingerprint density at radius 3 is 2.79 bits per heavy atom. The third kappa shape index (κ3) is 5.65. The predicted molar refractivity (Wildman–Crippen MR) is 69.1 cm³/mol. The predicted octanol–water partition coefficient (Wildman–Crippen LogP) is 2.90. The Hall–Kier alpha value is -1.69. The summed E-state index contributed by atoms with van der Waals surface area (Å²) in [6.45, 7) is 1.17. The third-order valence-corrected chi connectivity index (χ3v) is 2.51. The molecule has 2 amide bonds. The van der Waals surface area contributed by atoms with Gasteiger partial charge in [0.2, 0.25) is 0 Å². The number of urea groups is 1. The van der Waals surface area contributed by atoms with Crippen LogP contribution >= 0.6 is 0 Å². The molecule has 6 heteroatoms. The minimum atomic E-state index is -1.06. The molecule has 4 nitrogen and oxygen atoms in total. The molecule has 0 radical (unpaired) electrons. The number of nitrogens with one attached hydrogen (secondary N) is 2. The van der Waals surface area contributed by atoms with Crippen LogP contribution in [0.1, 0.15) is 19.3 Å². The van der Waals surface area contributed by atoms with Crippen molar-refractivity contribution in [3.05, 3.63) is 29.8 Å². The van der Waals surface area contributed by atoms with Gasteiger partial charge in [-0.25, -0.2) is 13.6 Å². The molecule has 0 heterocycles. The Morgan fingerprint density at radius 2 is 2.05 bits per heavy atom. The smallest absolute Gasteiger partial charge is 0.319 e. The maximum atomic E-state index is 13.3. The minimum Gasteiger partial charge on any atom is -0.385 e. The van der Waals surface area contributed by atoms with Crippen molar-refractivity contribution in [3.63, 3.8) is 0 Å². The lowest BCUT2D eigenvalue weighted by Gasteiger charge is -2.08. The van der Waals surface area contributed by atoms with Crippen LogP contribution in [0.3, 0.4) is 0 Å². The first-order chi connectivity index (χ1) is 9.15. The number of halogens is 2. The van der Waals surface area contributed by atoms with E-state index in [1.165, 1.54) is 12.1 Å². The zero-order chi connectivity index (χ0) is 14.1. The van der Waals surface area contributed by atoms with Crippen molar-refractivity contribution in [1.82, 2.24) is 5.32 Å². The average Bonchev–Trinajstić information content (AvgIpc) is 2.39. The molecule has 0 atom stereocenters. The quantitative estimate of drug-likeness (QED) is 0.750. The fourth-order valence-electron chi connectivity index (χ4n) is 1.52. The van der Waals surface area contributed by atoms with Crippen LogP contribution in [0.5, 0.6) is 0 Å². The molecule has 1 rings (SSSR count). The highest BCUT2D eigenvalue weighted by Crippen LogP contribution is 2.16. The molecule has 106 valence electrons. The number of methoxy groups -OCH3 is 1. The van der Waals surface area contributed by atoms with Crippen LogP contribution in [0.4, 0.5) is 19.3 Å². The topological polar surface area (TPSA) is 50.4 Å². The highest BCUT2D eigenvalue weighted by molar-refractivity contribution is 5.89. The van der Waals surface area contributed by atoms with Gasteiger partial charge in [0.15, 0.2) is 11.6 Å². The van der Waals surface area contributed by atoms with Crippen LogP contribution < -0.4 is 10.6 Å². The lowest BCUT2D eigenvalue weighted by Crippen LogP contribution is -2.30. The van der Waals surface area contributed by atoms with Crippen LogP contribution in [0.2, 0.25) is 0 Å². The van der Waals surface area contributed by atoms with Crippen molar-refractivity contribution in [1.29, 1.82) is 0 Å². The van der Waals surface area contributed by atoms with Crippen molar-refractivity contribution in [2.45, 2.75) is 19.3 Å². The summed E-state index contributed by atoms with van der Waals surface area (Å²) in [6, 6.07) is 3.08. The van der Waals surface area contributed by atoms with Crippen molar-refractivity contribution >= 4 is 11.7 Å². The Kier molecular flexibility index (Phi) is 6.81. The molecule has 19 heavy (non-hydrogen) atoms. The zero-order valence-electron chi connectivity index (χ0n) is 10.8. The first kappa shape index (κ1) is 15.4. The number of hydrogen-bond acceptors (Lipinski definition) is 2. The van der Waals surface area contributed by atoms with E-state index in [0.717, 1.165) is 25.3 Å². The lowest BCUT2D eigenvalue weighted by molar-refractivity contribution is 0.192. The maximum Gasteiger partial charge on any atom is 0.319 e. The van der Waals surface area contributed by atoms with Gasteiger partial charge in [0.1, 0.15) is 0 Å². The maximum absolute atomic E-state index is 13.3. The summed E-state index contributed by atoms with van der Waals surface area (Å²) in [5, 5.41) is 4.84. The molecule has 0 saturated carbocycles. The number of anilines is 1. The number of carbonyl (C=O) groups excluding carboxylic acids is 1. The highest BCUT2D eigenvalue weighted by atomic mass is 19.2. The molecular formula is C13H18F2N2O2. The van der Waals surface area contributed by atoms with E-state index in [9.17, 15) is 13.6 Å². The fraction of sp³-hybridized carbons (Fsp3) is 0.462. The van der Waals surface area contributed by atoms with Gasteiger partial charge in [0.05, 0.1) is 5.69 Å². The van der Waals surface area contributed by atoms with Gasteiger partial charge < -0.3 is 15.4 Å². The summed E-state index contributed by atoms with van der Waals surface area (Å²) in [4.78, 5) is 11.4. The molecule has 2 N–H and O–H groups in total. The number of rotatable bonds is 7. The molecule has 1 aromatic carbocycles. The van der Waals surface area contributed by atoms with Crippen molar-refractivity contribution in [3.8, 4) is 0 Å². The van der Waals surface area contributed by atoms with Crippen molar-refractivity contribution in [2.75, 3.05) is 25.6 Å². The van der Waals surface area contributed by atoms with Crippen LogP contribution in [-0.2, 0) is 4.74 Å². The Labute approximate surface area is 111 Å². The molecular weight excluding hydrogens is 254 g/mol. The van der Waals surface area contributed by atoms with Gasteiger partial charge in [0, 0.05) is 20.3 Å². The second-order valence-electron chi connectivity index (χ2n) is 4.04. The van der Waals surface area contributed by atoms with E-state index >= 15 is 0 Å². The Morgan fingerprint density at radius 1 is 1.26 bits per heavy atom. The van der Waals surface area contributed by atoms with Crippen LogP contribution in [-0.4, -0.2) is 26.3 Å². The van der Waals surface area contributed by atoms with Crippen molar-refractivity contribution < 1.29 is 18.3 Å². The molecule has 0 aliphatic heterocycles. The fourth-order valence-corrected chi connectivity index (χ4v) is 1.52. The van der Waals surface area contributed by atoms with E-state index in [-0.39, 0.29) is 5.69 Å². The Balaban J connectivity index is 2.26. The largest absolute Gasteiger partial charge is 0.385 e. The molecule has 0 aliphatic rings. The summed E-state index contributed by atoms with van der Waals surface area (Å²) >= 11 is 0. The lowest BCUT2D eigenvalue weighted by atomic mass is 10.2. The SMILES string of the molecule is COCCCCCNC(=O)Nc1cccc(F)c1F. The highest BCUT2D eigenvalue weighted by Gasteiger charge is 2.09. The number of carbonyl (C=O) groups is 1. The molecule has 0 aromatic heterocycles.